The lowest BCUT2D eigenvalue weighted by Crippen LogP contribution is -2.28. The minimum absolute atomic E-state index is 0.101. The summed E-state index contributed by atoms with van der Waals surface area (Å²) in [6.45, 7) is 1.62. The lowest BCUT2D eigenvalue weighted by molar-refractivity contribution is -0.119. The quantitative estimate of drug-likeness (QED) is 0.911. The second-order valence-electron chi connectivity index (χ2n) is 4.45. The number of benzene rings is 2. The Kier molecular flexibility index (Phi) is 4.31. The van der Waals surface area contributed by atoms with Gasteiger partial charge in [-0.25, -0.2) is 0 Å². The summed E-state index contributed by atoms with van der Waals surface area (Å²) in [5.74, 6) is -0.118. The largest absolute Gasteiger partial charge is 0.393 e. The molecule has 0 saturated heterocycles. The summed E-state index contributed by atoms with van der Waals surface area (Å²) in [6, 6.07) is 18.9. The standard InChI is InChI=1S/C16H17NO2/c1-13(18)12-16(19)17(14-8-4-2-5-9-14)15-10-6-3-7-11-15/h2-11,13,18H,12H2,1H3. The molecule has 0 bridgehead atoms. The first kappa shape index (κ1) is 13.3. The summed E-state index contributed by atoms with van der Waals surface area (Å²) in [5, 5.41) is 9.42. The minimum Gasteiger partial charge on any atom is -0.393 e. The molecule has 0 aliphatic rings. The van der Waals surface area contributed by atoms with Crippen molar-refractivity contribution in [2.75, 3.05) is 4.90 Å². The van der Waals surface area contributed by atoms with Gasteiger partial charge >= 0.3 is 0 Å². The van der Waals surface area contributed by atoms with Gasteiger partial charge in [0.05, 0.1) is 12.5 Å². The molecule has 0 aliphatic carbocycles. The lowest BCUT2D eigenvalue weighted by Gasteiger charge is -2.23. The zero-order chi connectivity index (χ0) is 13.7. The Bertz CT molecular complexity index is 483. The Hall–Kier alpha value is -2.13. The molecule has 3 nitrogen and oxygen atoms in total. The highest BCUT2D eigenvalue weighted by Crippen LogP contribution is 2.25. The number of carbonyl (C=O) groups excluding carboxylic acids is 1. The maximum atomic E-state index is 12.3. The third-order valence-corrected chi connectivity index (χ3v) is 2.75. The second kappa shape index (κ2) is 6.16. The van der Waals surface area contributed by atoms with E-state index in [-0.39, 0.29) is 12.3 Å². The SMILES string of the molecule is CC(O)CC(=O)N(c1ccccc1)c1ccccc1. The maximum Gasteiger partial charge on any atom is 0.234 e. The van der Waals surface area contributed by atoms with Crippen molar-refractivity contribution >= 4 is 17.3 Å². The van der Waals surface area contributed by atoms with Crippen molar-refractivity contribution in [3.8, 4) is 0 Å². The molecule has 0 saturated carbocycles. The fraction of sp³-hybridized carbons (Fsp3) is 0.188. The van der Waals surface area contributed by atoms with Crippen LogP contribution in [-0.4, -0.2) is 17.1 Å². The van der Waals surface area contributed by atoms with Crippen LogP contribution in [0.2, 0.25) is 0 Å². The van der Waals surface area contributed by atoms with E-state index in [9.17, 15) is 9.90 Å². The zero-order valence-electron chi connectivity index (χ0n) is 10.9. The Morgan fingerprint density at radius 1 is 1.00 bits per heavy atom. The molecular weight excluding hydrogens is 238 g/mol. The summed E-state index contributed by atoms with van der Waals surface area (Å²) < 4.78 is 0. The number of hydrogen-bond donors (Lipinski definition) is 1. The van der Waals surface area contributed by atoms with Crippen LogP contribution < -0.4 is 4.90 Å². The van der Waals surface area contributed by atoms with Crippen LogP contribution in [0.25, 0.3) is 0 Å². The van der Waals surface area contributed by atoms with Gasteiger partial charge in [0.15, 0.2) is 0 Å². The highest BCUT2D eigenvalue weighted by atomic mass is 16.3. The summed E-state index contributed by atoms with van der Waals surface area (Å²) >= 11 is 0. The van der Waals surface area contributed by atoms with Gasteiger partial charge in [-0.15, -0.1) is 0 Å². The number of rotatable bonds is 4. The summed E-state index contributed by atoms with van der Waals surface area (Å²) in [5.41, 5.74) is 1.61. The highest BCUT2D eigenvalue weighted by Gasteiger charge is 2.18. The van der Waals surface area contributed by atoms with Crippen LogP contribution in [0.5, 0.6) is 0 Å². The third-order valence-electron chi connectivity index (χ3n) is 2.75. The van der Waals surface area contributed by atoms with Crippen molar-refractivity contribution in [2.24, 2.45) is 0 Å². The van der Waals surface area contributed by atoms with E-state index in [2.05, 4.69) is 0 Å². The summed E-state index contributed by atoms with van der Waals surface area (Å²) in [7, 11) is 0. The topological polar surface area (TPSA) is 40.5 Å². The Morgan fingerprint density at radius 2 is 1.42 bits per heavy atom. The van der Waals surface area contributed by atoms with Crippen LogP contribution in [0.4, 0.5) is 11.4 Å². The molecule has 3 heteroatoms. The zero-order valence-corrected chi connectivity index (χ0v) is 10.9. The van der Waals surface area contributed by atoms with E-state index < -0.39 is 6.10 Å². The van der Waals surface area contributed by atoms with Crippen LogP contribution in [0.15, 0.2) is 60.7 Å². The molecule has 0 fully saturated rings. The predicted octanol–water partition coefficient (Wildman–Crippen LogP) is 3.12. The summed E-state index contributed by atoms with van der Waals surface area (Å²) in [4.78, 5) is 14.0. The van der Waals surface area contributed by atoms with Gasteiger partial charge in [0, 0.05) is 11.4 Å². The van der Waals surface area contributed by atoms with E-state index in [1.54, 1.807) is 11.8 Å². The third kappa shape index (κ3) is 3.42. The number of aliphatic hydroxyl groups is 1. The molecule has 2 aromatic carbocycles. The molecule has 1 amide bonds. The van der Waals surface area contributed by atoms with Crippen molar-refractivity contribution in [2.45, 2.75) is 19.4 Å². The van der Waals surface area contributed by atoms with E-state index >= 15 is 0 Å². The normalized spacial score (nSPS) is 11.9. The van der Waals surface area contributed by atoms with E-state index in [1.807, 2.05) is 60.7 Å². The first-order valence-electron chi connectivity index (χ1n) is 6.29. The van der Waals surface area contributed by atoms with Crippen molar-refractivity contribution < 1.29 is 9.90 Å². The smallest absolute Gasteiger partial charge is 0.234 e. The van der Waals surface area contributed by atoms with Crippen molar-refractivity contribution in [1.82, 2.24) is 0 Å². The number of nitrogens with zero attached hydrogens (tertiary/aromatic N) is 1. The van der Waals surface area contributed by atoms with Crippen molar-refractivity contribution in [3.63, 3.8) is 0 Å². The van der Waals surface area contributed by atoms with Crippen LogP contribution in [0, 0.1) is 0 Å². The van der Waals surface area contributed by atoms with Crippen LogP contribution in [-0.2, 0) is 4.79 Å². The second-order valence-corrected chi connectivity index (χ2v) is 4.45. The number of aliphatic hydroxyl groups excluding tert-OH is 1. The molecule has 0 aliphatic heterocycles. The molecular formula is C16H17NO2. The van der Waals surface area contributed by atoms with E-state index in [0.29, 0.717) is 0 Å². The number of carbonyl (C=O) groups is 1. The monoisotopic (exact) mass is 255 g/mol. The average Bonchev–Trinajstić information content (AvgIpc) is 2.40. The van der Waals surface area contributed by atoms with Gasteiger partial charge in [-0.2, -0.15) is 0 Å². The number of para-hydroxylation sites is 2. The van der Waals surface area contributed by atoms with Gasteiger partial charge in [-0.3, -0.25) is 9.69 Å². The van der Waals surface area contributed by atoms with Gasteiger partial charge in [-0.1, -0.05) is 36.4 Å². The lowest BCUT2D eigenvalue weighted by atomic mass is 10.2. The molecule has 2 rings (SSSR count). The predicted molar refractivity (Wildman–Crippen MR) is 76.3 cm³/mol. The molecule has 1 N–H and O–H groups in total. The van der Waals surface area contributed by atoms with E-state index in [0.717, 1.165) is 11.4 Å². The number of hydrogen-bond acceptors (Lipinski definition) is 2. The van der Waals surface area contributed by atoms with Crippen molar-refractivity contribution in [1.29, 1.82) is 0 Å². The molecule has 1 unspecified atom stereocenters. The molecule has 0 spiro atoms. The molecule has 0 heterocycles. The Balaban J connectivity index is 2.37. The van der Waals surface area contributed by atoms with E-state index in [4.69, 9.17) is 0 Å². The van der Waals surface area contributed by atoms with Gasteiger partial charge in [-0.05, 0) is 31.2 Å². The molecule has 98 valence electrons. The van der Waals surface area contributed by atoms with Crippen molar-refractivity contribution in [3.05, 3.63) is 60.7 Å². The Morgan fingerprint density at radius 3 is 1.79 bits per heavy atom. The van der Waals surface area contributed by atoms with Crippen LogP contribution in [0.3, 0.4) is 0 Å². The van der Waals surface area contributed by atoms with Crippen LogP contribution >= 0.6 is 0 Å². The van der Waals surface area contributed by atoms with Gasteiger partial charge in [0.25, 0.3) is 0 Å². The maximum absolute atomic E-state index is 12.3. The summed E-state index contributed by atoms with van der Waals surface area (Å²) in [6.07, 6.45) is -0.550. The first-order valence-corrected chi connectivity index (χ1v) is 6.29. The Labute approximate surface area is 113 Å². The fourth-order valence-corrected chi connectivity index (χ4v) is 1.94. The fourth-order valence-electron chi connectivity index (χ4n) is 1.94. The average molecular weight is 255 g/mol. The van der Waals surface area contributed by atoms with Crippen LogP contribution in [0.1, 0.15) is 13.3 Å². The number of amides is 1. The van der Waals surface area contributed by atoms with Gasteiger partial charge in [0.1, 0.15) is 0 Å². The first-order chi connectivity index (χ1) is 9.18. The molecule has 0 aromatic heterocycles. The van der Waals surface area contributed by atoms with Gasteiger partial charge in [0.2, 0.25) is 5.91 Å². The molecule has 2 aromatic rings. The minimum atomic E-state index is -0.651. The highest BCUT2D eigenvalue weighted by molar-refractivity contribution is 6.00. The molecule has 1 atom stereocenters. The van der Waals surface area contributed by atoms with Gasteiger partial charge < -0.3 is 5.11 Å². The molecule has 19 heavy (non-hydrogen) atoms. The van der Waals surface area contributed by atoms with E-state index in [1.165, 1.54) is 0 Å². The number of anilines is 2. The molecule has 0 radical (unpaired) electrons.